The number of carboxylic acid groups (broad SMARTS) is 2. The van der Waals surface area contributed by atoms with Crippen molar-refractivity contribution in [3.8, 4) is 27.5 Å². The molecule has 0 saturated heterocycles. The molecule has 2 aromatic heterocycles. The normalized spacial score (nSPS) is 13.5. The van der Waals surface area contributed by atoms with E-state index in [9.17, 15) is 19.5 Å². The minimum atomic E-state index is -1.20. The van der Waals surface area contributed by atoms with E-state index in [2.05, 4.69) is 10.5 Å². The van der Waals surface area contributed by atoms with Crippen LogP contribution < -0.4 is 15.0 Å². The van der Waals surface area contributed by atoms with Gasteiger partial charge >= 0.3 is 18.0 Å². The van der Waals surface area contributed by atoms with Gasteiger partial charge in [0.05, 0.1) is 0 Å². The highest BCUT2D eigenvalue weighted by atomic mass is 32.1. The smallest absolute Gasteiger partial charge is 0.349 e. The first kappa shape index (κ1) is 28.9. The summed E-state index contributed by atoms with van der Waals surface area (Å²) < 4.78 is 11.0. The molecule has 0 bridgehead atoms. The molecule has 10 nitrogen and oxygen atoms in total. The Bertz CT molecular complexity index is 1610. The first-order valence-electron chi connectivity index (χ1n) is 13.7. The van der Waals surface area contributed by atoms with E-state index in [4.69, 9.17) is 14.4 Å². The van der Waals surface area contributed by atoms with Crippen LogP contribution in [0.4, 0.5) is 16.2 Å². The van der Waals surface area contributed by atoms with E-state index in [1.54, 1.807) is 18.7 Å². The lowest BCUT2D eigenvalue weighted by atomic mass is 9.93. The van der Waals surface area contributed by atoms with Gasteiger partial charge in [-0.25, -0.2) is 14.4 Å². The number of carboxylic acids is 2. The Kier molecular flexibility index (Phi) is 8.58. The van der Waals surface area contributed by atoms with Crippen molar-refractivity contribution >= 4 is 40.7 Å². The number of urea groups is 1. The maximum Gasteiger partial charge on any atom is 0.349 e. The van der Waals surface area contributed by atoms with Crippen molar-refractivity contribution in [3.63, 3.8) is 0 Å². The van der Waals surface area contributed by atoms with E-state index < -0.39 is 18.5 Å². The molecule has 4 aromatic rings. The summed E-state index contributed by atoms with van der Waals surface area (Å²) in [6.07, 6.45) is 4.82. The quantitative estimate of drug-likeness (QED) is 0.186. The molecule has 5 rings (SSSR count). The number of carbonyl (C=O) groups excluding carboxylic acids is 1. The van der Waals surface area contributed by atoms with Crippen LogP contribution in [0.1, 0.15) is 53.0 Å². The van der Waals surface area contributed by atoms with Crippen molar-refractivity contribution in [1.82, 2.24) is 5.16 Å². The number of aromatic carboxylic acids is 1. The van der Waals surface area contributed by atoms with Gasteiger partial charge in [-0.3, -0.25) is 4.90 Å². The molecule has 1 aliphatic rings. The molecule has 1 aliphatic carbocycles. The number of amides is 2. The van der Waals surface area contributed by atoms with E-state index in [1.165, 1.54) is 0 Å². The Labute approximate surface area is 246 Å². The molecule has 2 aromatic carbocycles. The Hall–Kier alpha value is -4.64. The van der Waals surface area contributed by atoms with Gasteiger partial charge in [0.2, 0.25) is 0 Å². The molecule has 42 heavy (non-hydrogen) atoms. The zero-order valence-corrected chi connectivity index (χ0v) is 24.1. The molecule has 1 fully saturated rings. The van der Waals surface area contributed by atoms with Gasteiger partial charge in [0.1, 0.15) is 17.1 Å². The molecule has 3 N–H and O–H groups in total. The second-order valence-electron chi connectivity index (χ2n) is 10.2. The number of carbonyl (C=O) groups is 3. The molecule has 2 amide bonds. The van der Waals surface area contributed by atoms with Crippen LogP contribution >= 0.6 is 11.3 Å². The van der Waals surface area contributed by atoms with Gasteiger partial charge in [-0.2, -0.15) is 0 Å². The van der Waals surface area contributed by atoms with E-state index in [0.29, 0.717) is 38.8 Å². The highest BCUT2D eigenvalue weighted by Gasteiger charge is 2.30. The van der Waals surface area contributed by atoms with Crippen molar-refractivity contribution in [2.24, 2.45) is 0 Å². The molecule has 0 radical (unpaired) electrons. The highest BCUT2D eigenvalue weighted by molar-refractivity contribution is 7.18. The van der Waals surface area contributed by atoms with Crippen molar-refractivity contribution < 1.29 is 33.9 Å². The predicted molar refractivity (Wildman–Crippen MR) is 160 cm³/mol. The van der Waals surface area contributed by atoms with Crippen LogP contribution in [0.5, 0.6) is 5.75 Å². The fourth-order valence-electron chi connectivity index (χ4n) is 5.32. The molecule has 0 spiro atoms. The lowest BCUT2D eigenvalue weighted by Crippen LogP contribution is -2.44. The summed E-state index contributed by atoms with van der Waals surface area (Å²) in [7, 11) is 0. The van der Waals surface area contributed by atoms with Crippen LogP contribution in [0.3, 0.4) is 0 Å². The summed E-state index contributed by atoms with van der Waals surface area (Å²) in [4.78, 5) is 39.4. The van der Waals surface area contributed by atoms with Crippen molar-refractivity contribution in [3.05, 3.63) is 70.7 Å². The van der Waals surface area contributed by atoms with E-state index in [0.717, 1.165) is 49.0 Å². The SMILES string of the molecule is Cc1noc(-c2ccccc2)c1NC(=O)N(c1cccc(-c2sc(C(=O)O)c(OCC(=O)O)c2C)c1)C1CCCCC1. The highest BCUT2D eigenvalue weighted by Crippen LogP contribution is 2.43. The van der Waals surface area contributed by atoms with Crippen LogP contribution in [-0.2, 0) is 4.79 Å². The molecule has 0 aliphatic heterocycles. The average molecular weight is 590 g/mol. The number of aryl methyl sites for hydroxylation is 1. The van der Waals surface area contributed by atoms with Crippen LogP contribution in [0.2, 0.25) is 0 Å². The van der Waals surface area contributed by atoms with Gasteiger partial charge < -0.3 is 24.8 Å². The predicted octanol–water partition coefficient (Wildman–Crippen LogP) is 7.22. The molecular weight excluding hydrogens is 558 g/mol. The summed E-state index contributed by atoms with van der Waals surface area (Å²) in [6, 6.07) is 16.5. The number of rotatable bonds is 9. The fourth-order valence-corrected chi connectivity index (χ4v) is 6.41. The summed E-state index contributed by atoms with van der Waals surface area (Å²) in [5.74, 6) is -1.89. The number of nitrogens with one attached hydrogen (secondary N) is 1. The Morgan fingerprint density at radius 1 is 1.02 bits per heavy atom. The molecule has 1 saturated carbocycles. The number of anilines is 2. The molecule has 0 unspecified atom stereocenters. The Balaban J connectivity index is 1.52. The topological polar surface area (TPSA) is 142 Å². The van der Waals surface area contributed by atoms with Crippen LogP contribution in [0.25, 0.3) is 21.8 Å². The zero-order valence-electron chi connectivity index (χ0n) is 23.3. The van der Waals surface area contributed by atoms with Gasteiger partial charge in [-0.05, 0) is 44.4 Å². The molecular formula is C31H31N3O7S. The van der Waals surface area contributed by atoms with Gasteiger partial charge in [0, 0.05) is 27.7 Å². The number of hydrogen-bond acceptors (Lipinski definition) is 7. The monoisotopic (exact) mass is 589 g/mol. The third-order valence-corrected chi connectivity index (χ3v) is 8.61. The molecule has 218 valence electrons. The van der Waals surface area contributed by atoms with Gasteiger partial charge in [-0.1, -0.05) is 66.9 Å². The number of ether oxygens (including phenoxy) is 1. The third kappa shape index (κ3) is 6.01. The van der Waals surface area contributed by atoms with Crippen LogP contribution in [0, 0.1) is 13.8 Å². The number of hydrogen-bond donors (Lipinski definition) is 3. The number of aromatic nitrogens is 1. The molecule has 0 atom stereocenters. The second kappa shape index (κ2) is 12.5. The van der Waals surface area contributed by atoms with Crippen LogP contribution in [0.15, 0.2) is 59.1 Å². The number of nitrogens with zero attached hydrogens (tertiary/aromatic N) is 2. The molecule has 2 heterocycles. The summed E-state index contributed by atoms with van der Waals surface area (Å²) in [6.45, 7) is 2.83. The largest absolute Gasteiger partial charge is 0.480 e. The van der Waals surface area contributed by atoms with E-state index in [1.807, 2.05) is 54.6 Å². The maximum absolute atomic E-state index is 14.1. The fraction of sp³-hybridized carbons (Fsp3) is 0.290. The maximum atomic E-state index is 14.1. The van der Waals surface area contributed by atoms with Crippen molar-refractivity contribution in [2.75, 3.05) is 16.8 Å². The van der Waals surface area contributed by atoms with Gasteiger partial charge in [-0.15, -0.1) is 11.3 Å². The second-order valence-corrected chi connectivity index (χ2v) is 11.2. The first-order valence-corrected chi connectivity index (χ1v) is 14.5. The number of benzene rings is 2. The Morgan fingerprint density at radius 3 is 2.43 bits per heavy atom. The van der Waals surface area contributed by atoms with Gasteiger partial charge in [0.25, 0.3) is 0 Å². The van der Waals surface area contributed by atoms with Gasteiger partial charge in [0.15, 0.2) is 17.2 Å². The number of thiophene rings is 1. The summed E-state index contributed by atoms with van der Waals surface area (Å²) in [5.41, 5.74) is 3.74. The van der Waals surface area contributed by atoms with E-state index >= 15 is 0 Å². The Morgan fingerprint density at radius 2 is 1.74 bits per heavy atom. The minimum Gasteiger partial charge on any atom is -0.480 e. The van der Waals surface area contributed by atoms with E-state index in [-0.39, 0.29) is 22.7 Å². The van der Waals surface area contributed by atoms with Crippen LogP contribution in [-0.4, -0.2) is 46.0 Å². The average Bonchev–Trinajstić information content (AvgIpc) is 3.52. The standard InChI is InChI=1S/C31H31N3O7S/c1-18-26(40-17-24(35)36)29(30(37)38)42-28(18)21-12-9-15-23(16-21)34(22-13-7-4-8-14-22)31(39)32-25-19(2)33-41-27(25)20-10-5-3-6-11-20/h3,5-6,9-12,15-16,22H,4,7-8,13-14,17H2,1-2H3,(H,32,39)(H,35,36)(H,37,38). The molecule has 11 heteroatoms. The minimum absolute atomic E-state index is 0.0357. The lowest BCUT2D eigenvalue weighted by molar-refractivity contribution is -0.139. The summed E-state index contributed by atoms with van der Waals surface area (Å²) >= 11 is 1.01. The van der Waals surface area contributed by atoms with Crippen molar-refractivity contribution in [2.45, 2.75) is 52.0 Å². The lowest BCUT2D eigenvalue weighted by Gasteiger charge is -2.34. The summed E-state index contributed by atoms with van der Waals surface area (Å²) in [5, 5.41) is 26.0. The zero-order chi connectivity index (χ0) is 29.8. The van der Waals surface area contributed by atoms with Crippen molar-refractivity contribution in [1.29, 1.82) is 0 Å². The third-order valence-electron chi connectivity index (χ3n) is 7.30. The first-order chi connectivity index (χ1) is 20.2. The number of aliphatic carboxylic acids is 1.